The molecule has 0 bridgehead atoms. The van der Waals surface area contributed by atoms with Crippen molar-refractivity contribution in [3.8, 4) is 0 Å². The first-order valence-corrected chi connectivity index (χ1v) is 12.0. The first kappa shape index (κ1) is 30.6. The van der Waals surface area contributed by atoms with Crippen molar-refractivity contribution < 1.29 is 54.6 Å². The summed E-state index contributed by atoms with van der Waals surface area (Å²) in [5.41, 5.74) is 1.22. The number of aromatic nitrogens is 1. The zero-order valence-electron chi connectivity index (χ0n) is 18.4. The molecule has 1 aliphatic heterocycles. The van der Waals surface area contributed by atoms with Gasteiger partial charge in [0.1, 0.15) is 0 Å². The van der Waals surface area contributed by atoms with Gasteiger partial charge in [-0.25, -0.2) is 22.7 Å². The van der Waals surface area contributed by atoms with E-state index in [2.05, 4.69) is 14.6 Å². The number of nitrogens with one attached hydrogen (secondary N) is 1. The molecule has 1 aromatic rings. The van der Waals surface area contributed by atoms with E-state index in [1.165, 1.54) is 24.7 Å². The van der Waals surface area contributed by atoms with Crippen LogP contribution in [0.4, 0.5) is 26.3 Å². The standard InChI is InChI=1S/C15H23N3O2S.2C2HF3O2/c1-21(19,20)17-14-6-9-18(11-13-2-3-13)15(14)10-12-4-7-16-8-5-12;2*3-2(4,5)1(6)7/h4-5,7-8,13-15,17H,2-3,6,9-11H2,1H3;2*(H,6,7)/t14-,15+;;/m1../s1. The summed E-state index contributed by atoms with van der Waals surface area (Å²) in [6.07, 6.45) is -0.896. The van der Waals surface area contributed by atoms with Gasteiger partial charge in [-0.2, -0.15) is 26.3 Å². The Morgan fingerprint density at radius 3 is 1.86 bits per heavy atom. The summed E-state index contributed by atoms with van der Waals surface area (Å²) >= 11 is 0. The molecule has 2 atom stereocenters. The van der Waals surface area contributed by atoms with E-state index in [4.69, 9.17) is 19.8 Å². The van der Waals surface area contributed by atoms with Gasteiger partial charge in [0.15, 0.2) is 0 Å². The van der Waals surface area contributed by atoms with Crippen LogP contribution in [-0.4, -0.2) is 84.2 Å². The van der Waals surface area contributed by atoms with Crippen LogP contribution in [0, 0.1) is 5.92 Å². The molecule has 2 heterocycles. The topological polar surface area (TPSA) is 137 Å². The van der Waals surface area contributed by atoms with E-state index >= 15 is 0 Å². The SMILES string of the molecule is CS(=O)(=O)N[C@@H]1CCN(CC2CC2)[C@H]1Cc1ccncc1.O=C(O)C(F)(F)F.O=C(O)C(F)(F)F. The highest BCUT2D eigenvalue weighted by atomic mass is 32.2. The predicted octanol–water partition coefficient (Wildman–Crippen LogP) is 2.29. The summed E-state index contributed by atoms with van der Waals surface area (Å²) < 4.78 is 89.5. The van der Waals surface area contributed by atoms with Gasteiger partial charge in [0.2, 0.25) is 10.0 Å². The fourth-order valence-electron chi connectivity index (χ4n) is 3.22. The average Bonchev–Trinajstić information content (AvgIpc) is 3.45. The van der Waals surface area contributed by atoms with Crippen LogP contribution >= 0.6 is 0 Å². The van der Waals surface area contributed by atoms with Gasteiger partial charge < -0.3 is 10.2 Å². The second kappa shape index (κ2) is 12.5. The molecular weight excluding hydrogens is 512 g/mol. The zero-order chi connectivity index (χ0) is 27.0. The van der Waals surface area contributed by atoms with Crippen LogP contribution in [0.1, 0.15) is 24.8 Å². The van der Waals surface area contributed by atoms with E-state index in [1.807, 2.05) is 12.1 Å². The smallest absolute Gasteiger partial charge is 0.475 e. The maximum absolute atomic E-state index is 11.6. The minimum Gasteiger partial charge on any atom is -0.475 e. The molecule has 0 amide bonds. The quantitative estimate of drug-likeness (QED) is 0.471. The van der Waals surface area contributed by atoms with Crippen molar-refractivity contribution in [1.82, 2.24) is 14.6 Å². The fourth-order valence-corrected chi connectivity index (χ4v) is 4.05. The number of alkyl halides is 6. The third-order valence-corrected chi connectivity index (χ3v) is 5.63. The van der Waals surface area contributed by atoms with Crippen LogP contribution in [-0.2, 0) is 26.0 Å². The van der Waals surface area contributed by atoms with Crippen molar-refractivity contribution in [2.45, 2.75) is 50.1 Å². The molecule has 3 rings (SSSR count). The number of rotatable bonds is 6. The monoisotopic (exact) mass is 537 g/mol. The van der Waals surface area contributed by atoms with Crippen molar-refractivity contribution in [3.05, 3.63) is 30.1 Å². The van der Waals surface area contributed by atoms with Crippen LogP contribution in [0.2, 0.25) is 0 Å². The van der Waals surface area contributed by atoms with Crippen molar-refractivity contribution in [2.75, 3.05) is 19.3 Å². The first-order chi connectivity index (χ1) is 15.9. The first-order valence-electron chi connectivity index (χ1n) is 10.1. The molecular formula is C19H25F6N3O6S. The van der Waals surface area contributed by atoms with Crippen molar-refractivity contribution >= 4 is 22.0 Å². The average molecular weight is 537 g/mol. The van der Waals surface area contributed by atoms with Gasteiger partial charge in [-0.1, -0.05) is 0 Å². The molecule has 200 valence electrons. The van der Waals surface area contributed by atoms with Crippen molar-refractivity contribution in [3.63, 3.8) is 0 Å². The number of sulfonamides is 1. The Kier molecular flexibility index (Phi) is 10.9. The molecule has 16 heteroatoms. The molecule has 0 aromatic carbocycles. The zero-order valence-corrected chi connectivity index (χ0v) is 19.2. The lowest BCUT2D eigenvalue weighted by Gasteiger charge is -2.28. The number of likely N-dealkylation sites (tertiary alicyclic amines) is 1. The second-order valence-corrected chi connectivity index (χ2v) is 9.74. The number of hydrogen-bond acceptors (Lipinski definition) is 6. The Bertz CT molecular complexity index is 915. The summed E-state index contributed by atoms with van der Waals surface area (Å²) in [7, 11) is -3.16. The van der Waals surface area contributed by atoms with Gasteiger partial charge in [-0.15, -0.1) is 0 Å². The number of nitrogens with zero attached hydrogens (tertiary/aromatic N) is 2. The van der Waals surface area contributed by atoms with E-state index < -0.39 is 34.3 Å². The third kappa shape index (κ3) is 12.7. The van der Waals surface area contributed by atoms with Crippen LogP contribution in [0.3, 0.4) is 0 Å². The molecule has 0 unspecified atom stereocenters. The Hall–Kier alpha value is -2.46. The molecule has 1 saturated carbocycles. The Morgan fingerprint density at radius 2 is 1.49 bits per heavy atom. The molecule has 0 radical (unpaired) electrons. The Morgan fingerprint density at radius 1 is 1.03 bits per heavy atom. The van der Waals surface area contributed by atoms with Crippen LogP contribution in [0.5, 0.6) is 0 Å². The fraction of sp³-hybridized carbons (Fsp3) is 0.632. The molecule has 2 aliphatic rings. The number of carbonyl (C=O) groups is 2. The highest BCUT2D eigenvalue weighted by molar-refractivity contribution is 7.88. The van der Waals surface area contributed by atoms with E-state index in [0.717, 1.165) is 31.8 Å². The van der Waals surface area contributed by atoms with Gasteiger partial charge in [0.05, 0.1) is 6.26 Å². The maximum Gasteiger partial charge on any atom is 0.490 e. The van der Waals surface area contributed by atoms with Gasteiger partial charge in [0.25, 0.3) is 0 Å². The summed E-state index contributed by atoms with van der Waals surface area (Å²) in [6.45, 7) is 2.09. The number of carboxylic acid groups (broad SMARTS) is 2. The van der Waals surface area contributed by atoms with Gasteiger partial charge in [0, 0.05) is 37.6 Å². The second-order valence-electron chi connectivity index (χ2n) is 7.96. The molecule has 1 aromatic heterocycles. The van der Waals surface area contributed by atoms with Crippen LogP contribution in [0.25, 0.3) is 0 Å². The van der Waals surface area contributed by atoms with Crippen molar-refractivity contribution in [2.24, 2.45) is 5.92 Å². The lowest BCUT2D eigenvalue weighted by Crippen LogP contribution is -2.46. The van der Waals surface area contributed by atoms with E-state index in [0.29, 0.717) is 0 Å². The van der Waals surface area contributed by atoms with Crippen molar-refractivity contribution in [1.29, 1.82) is 0 Å². The molecule has 3 N–H and O–H groups in total. The predicted molar refractivity (Wildman–Crippen MR) is 110 cm³/mol. The van der Waals surface area contributed by atoms with E-state index in [1.54, 1.807) is 12.4 Å². The van der Waals surface area contributed by atoms with Crippen LogP contribution in [0.15, 0.2) is 24.5 Å². The number of carboxylic acids is 2. The van der Waals surface area contributed by atoms with Gasteiger partial charge in [-0.3, -0.25) is 9.88 Å². The highest BCUT2D eigenvalue weighted by Gasteiger charge is 2.39. The van der Waals surface area contributed by atoms with E-state index in [-0.39, 0.29) is 12.1 Å². The minimum absolute atomic E-state index is 0.0203. The molecule has 0 spiro atoms. The molecule has 2 fully saturated rings. The molecule has 9 nitrogen and oxygen atoms in total. The molecule has 1 saturated heterocycles. The van der Waals surface area contributed by atoms with E-state index in [9.17, 15) is 34.8 Å². The van der Waals surface area contributed by atoms with Crippen LogP contribution < -0.4 is 4.72 Å². The highest BCUT2D eigenvalue weighted by Crippen LogP contribution is 2.33. The largest absolute Gasteiger partial charge is 0.490 e. The van der Waals surface area contributed by atoms with Gasteiger partial charge >= 0.3 is 24.3 Å². The summed E-state index contributed by atoms with van der Waals surface area (Å²) in [4.78, 5) is 24.3. The minimum atomic E-state index is -5.08. The maximum atomic E-state index is 11.6. The normalized spacial score (nSPS) is 20.8. The third-order valence-electron chi connectivity index (χ3n) is 4.90. The Labute approximate surface area is 197 Å². The summed E-state index contributed by atoms with van der Waals surface area (Å²) in [5.74, 6) is -4.69. The number of aliphatic carboxylic acids is 2. The summed E-state index contributed by atoms with van der Waals surface area (Å²) in [5, 5.41) is 14.2. The van der Waals surface area contributed by atoms with Gasteiger partial charge in [-0.05, 0) is 49.3 Å². The molecule has 35 heavy (non-hydrogen) atoms. The number of hydrogen-bond donors (Lipinski definition) is 3. The lowest BCUT2D eigenvalue weighted by atomic mass is 10.0. The molecule has 1 aliphatic carbocycles. The Balaban J connectivity index is 0.000000362. The number of halogens is 6. The number of pyridine rings is 1. The lowest BCUT2D eigenvalue weighted by molar-refractivity contribution is -0.193. The summed E-state index contributed by atoms with van der Waals surface area (Å²) in [6, 6.07) is 4.31.